The van der Waals surface area contributed by atoms with Crippen molar-refractivity contribution >= 4 is 0 Å². The summed E-state index contributed by atoms with van der Waals surface area (Å²) in [7, 11) is 1.49. The van der Waals surface area contributed by atoms with E-state index in [1.54, 1.807) is 19.1 Å². The molecule has 0 fully saturated rings. The van der Waals surface area contributed by atoms with Crippen molar-refractivity contribution in [2.24, 2.45) is 5.73 Å². The third-order valence-electron chi connectivity index (χ3n) is 2.28. The Labute approximate surface area is 93.6 Å². The number of nitrogens with zero attached hydrogens (tertiary/aromatic N) is 1. The second kappa shape index (κ2) is 4.74. The number of nitrogens with two attached hydrogens (primary N) is 1. The van der Waals surface area contributed by atoms with Crippen LogP contribution in [0.1, 0.15) is 18.2 Å². The van der Waals surface area contributed by atoms with Crippen molar-refractivity contribution in [3.63, 3.8) is 0 Å². The zero-order valence-electron chi connectivity index (χ0n) is 9.63. The SMILES string of the molecule is COc1cc(CC(C)(N)C(F)F)cc(C)n1. The van der Waals surface area contributed by atoms with Crippen molar-refractivity contribution in [3.05, 3.63) is 23.4 Å². The molecule has 0 bridgehead atoms. The molecule has 2 N–H and O–H groups in total. The van der Waals surface area contributed by atoms with Gasteiger partial charge in [-0.1, -0.05) is 0 Å². The Bertz CT molecular complexity index is 367. The number of ether oxygens (including phenoxy) is 1. The molecule has 0 spiro atoms. The first-order valence-corrected chi connectivity index (χ1v) is 4.94. The van der Waals surface area contributed by atoms with Gasteiger partial charge in [-0.3, -0.25) is 0 Å². The molecule has 0 amide bonds. The summed E-state index contributed by atoms with van der Waals surface area (Å²) in [4.78, 5) is 4.08. The van der Waals surface area contributed by atoms with Gasteiger partial charge in [0.1, 0.15) is 0 Å². The Morgan fingerprint density at radius 3 is 2.62 bits per heavy atom. The number of hydrogen-bond donors (Lipinski definition) is 1. The first-order chi connectivity index (χ1) is 7.35. The van der Waals surface area contributed by atoms with Gasteiger partial charge in [-0.25, -0.2) is 13.8 Å². The normalized spacial score (nSPS) is 14.9. The largest absolute Gasteiger partial charge is 0.481 e. The molecule has 0 saturated heterocycles. The lowest BCUT2D eigenvalue weighted by Crippen LogP contribution is -2.45. The Kier molecular flexibility index (Phi) is 3.80. The van der Waals surface area contributed by atoms with Crippen LogP contribution >= 0.6 is 0 Å². The van der Waals surface area contributed by atoms with Crippen molar-refractivity contribution in [2.45, 2.75) is 32.2 Å². The van der Waals surface area contributed by atoms with Crippen LogP contribution in [0.15, 0.2) is 12.1 Å². The van der Waals surface area contributed by atoms with Gasteiger partial charge in [-0.2, -0.15) is 0 Å². The molecule has 1 heterocycles. The van der Waals surface area contributed by atoms with Crippen LogP contribution in [0.5, 0.6) is 5.88 Å². The quantitative estimate of drug-likeness (QED) is 0.859. The molecule has 90 valence electrons. The molecule has 1 rings (SSSR count). The third-order valence-corrected chi connectivity index (χ3v) is 2.28. The molecule has 16 heavy (non-hydrogen) atoms. The highest BCUT2D eigenvalue weighted by molar-refractivity contribution is 5.26. The van der Waals surface area contributed by atoms with Crippen LogP contribution in [0.2, 0.25) is 0 Å². The fourth-order valence-electron chi connectivity index (χ4n) is 1.43. The van der Waals surface area contributed by atoms with Gasteiger partial charge in [0.05, 0.1) is 12.6 Å². The summed E-state index contributed by atoms with van der Waals surface area (Å²) in [5.41, 5.74) is 5.42. The average molecular weight is 230 g/mol. The van der Waals surface area contributed by atoms with Crippen molar-refractivity contribution in [3.8, 4) is 5.88 Å². The second-order valence-electron chi connectivity index (χ2n) is 4.14. The van der Waals surface area contributed by atoms with E-state index in [2.05, 4.69) is 4.98 Å². The van der Waals surface area contributed by atoms with Gasteiger partial charge in [-0.05, 0) is 31.9 Å². The number of aryl methyl sites for hydroxylation is 1. The molecule has 0 aromatic carbocycles. The maximum Gasteiger partial charge on any atom is 0.256 e. The highest BCUT2D eigenvalue weighted by Gasteiger charge is 2.30. The lowest BCUT2D eigenvalue weighted by Gasteiger charge is -2.23. The maximum absolute atomic E-state index is 12.6. The second-order valence-corrected chi connectivity index (χ2v) is 4.14. The molecule has 1 aromatic heterocycles. The summed E-state index contributed by atoms with van der Waals surface area (Å²) in [5.74, 6) is 0.417. The van der Waals surface area contributed by atoms with Crippen LogP contribution < -0.4 is 10.5 Å². The molecule has 1 aromatic rings. The van der Waals surface area contributed by atoms with Gasteiger partial charge in [0.25, 0.3) is 6.43 Å². The summed E-state index contributed by atoms with van der Waals surface area (Å²) >= 11 is 0. The van der Waals surface area contributed by atoms with E-state index in [4.69, 9.17) is 10.5 Å². The molecule has 0 radical (unpaired) electrons. The highest BCUT2D eigenvalue weighted by Crippen LogP contribution is 2.21. The van der Waals surface area contributed by atoms with Gasteiger partial charge >= 0.3 is 0 Å². The minimum atomic E-state index is -2.56. The summed E-state index contributed by atoms with van der Waals surface area (Å²) in [6, 6.07) is 3.36. The van der Waals surface area contributed by atoms with E-state index >= 15 is 0 Å². The molecule has 0 aliphatic rings. The van der Waals surface area contributed by atoms with Gasteiger partial charge in [-0.15, -0.1) is 0 Å². The first kappa shape index (κ1) is 12.8. The predicted octanol–water partition coefficient (Wildman–Crippen LogP) is 1.92. The number of rotatable bonds is 4. The minimum absolute atomic E-state index is 0.0877. The van der Waals surface area contributed by atoms with Crippen molar-refractivity contribution in [2.75, 3.05) is 7.11 Å². The third kappa shape index (κ3) is 3.13. The fraction of sp³-hybridized carbons (Fsp3) is 0.545. The Morgan fingerprint density at radius 1 is 1.50 bits per heavy atom. The van der Waals surface area contributed by atoms with Gasteiger partial charge in [0.2, 0.25) is 5.88 Å². The van der Waals surface area contributed by atoms with E-state index in [0.29, 0.717) is 11.4 Å². The summed E-state index contributed by atoms with van der Waals surface area (Å²) in [6.45, 7) is 3.11. The Hall–Kier alpha value is -1.23. The standard InChI is InChI=1S/C11H16F2N2O/c1-7-4-8(5-9(15-7)16-3)6-11(2,14)10(12)13/h4-5,10H,6,14H2,1-3H3. The van der Waals surface area contributed by atoms with Crippen LogP contribution in [0.25, 0.3) is 0 Å². The van der Waals surface area contributed by atoms with Crippen molar-refractivity contribution < 1.29 is 13.5 Å². The zero-order chi connectivity index (χ0) is 12.3. The Morgan fingerprint density at radius 2 is 2.12 bits per heavy atom. The number of pyridine rings is 1. The monoisotopic (exact) mass is 230 g/mol. The summed E-state index contributed by atoms with van der Waals surface area (Å²) in [5, 5.41) is 0. The van der Waals surface area contributed by atoms with Crippen LogP contribution in [0.3, 0.4) is 0 Å². The van der Waals surface area contributed by atoms with E-state index in [9.17, 15) is 8.78 Å². The lowest BCUT2D eigenvalue weighted by molar-refractivity contribution is 0.0639. The molecular weight excluding hydrogens is 214 g/mol. The smallest absolute Gasteiger partial charge is 0.256 e. The molecule has 3 nitrogen and oxygen atoms in total. The van der Waals surface area contributed by atoms with E-state index in [0.717, 1.165) is 5.69 Å². The van der Waals surface area contributed by atoms with E-state index in [-0.39, 0.29) is 6.42 Å². The fourth-order valence-corrected chi connectivity index (χ4v) is 1.43. The zero-order valence-corrected chi connectivity index (χ0v) is 9.63. The number of alkyl halides is 2. The molecule has 5 heteroatoms. The lowest BCUT2D eigenvalue weighted by atomic mass is 9.94. The number of hydrogen-bond acceptors (Lipinski definition) is 3. The molecule has 0 saturated carbocycles. The van der Waals surface area contributed by atoms with Crippen molar-refractivity contribution in [1.82, 2.24) is 4.98 Å². The van der Waals surface area contributed by atoms with E-state index in [1.807, 2.05) is 0 Å². The van der Waals surface area contributed by atoms with Crippen LogP contribution in [0, 0.1) is 6.92 Å². The summed E-state index contributed by atoms with van der Waals surface area (Å²) < 4.78 is 30.2. The first-order valence-electron chi connectivity index (χ1n) is 4.94. The summed E-state index contributed by atoms with van der Waals surface area (Å²) in [6.07, 6.45) is -2.48. The van der Waals surface area contributed by atoms with Gasteiger partial charge in [0, 0.05) is 11.8 Å². The number of halogens is 2. The Balaban J connectivity index is 2.93. The number of aromatic nitrogens is 1. The topological polar surface area (TPSA) is 48.1 Å². The molecule has 1 unspecified atom stereocenters. The highest BCUT2D eigenvalue weighted by atomic mass is 19.3. The van der Waals surface area contributed by atoms with Gasteiger partial charge in [0.15, 0.2) is 0 Å². The molecule has 1 atom stereocenters. The predicted molar refractivity (Wildman–Crippen MR) is 57.8 cm³/mol. The molecule has 0 aliphatic heterocycles. The van der Waals surface area contributed by atoms with Gasteiger partial charge < -0.3 is 10.5 Å². The number of methoxy groups -OCH3 is 1. The maximum atomic E-state index is 12.6. The molecule has 0 aliphatic carbocycles. The minimum Gasteiger partial charge on any atom is -0.481 e. The van der Waals surface area contributed by atoms with E-state index in [1.165, 1.54) is 14.0 Å². The van der Waals surface area contributed by atoms with E-state index < -0.39 is 12.0 Å². The molecular formula is C11H16F2N2O. The van der Waals surface area contributed by atoms with Crippen molar-refractivity contribution in [1.29, 1.82) is 0 Å². The van der Waals surface area contributed by atoms with Crippen LogP contribution in [-0.2, 0) is 6.42 Å². The van der Waals surface area contributed by atoms with Crippen LogP contribution in [0.4, 0.5) is 8.78 Å². The average Bonchev–Trinajstić information content (AvgIpc) is 2.15. The van der Waals surface area contributed by atoms with Crippen LogP contribution in [-0.4, -0.2) is 24.1 Å².